The van der Waals surface area contributed by atoms with E-state index in [9.17, 15) is 4.79 Å². The first-order valence-electron chi connectivity index (χ1n) is 11.8. The summed E-state index contributed by atoms with van der Waals surface area (Å²) in [6.45, 7) is 0. The average Bonchev–Trinajstić information content (AvgIpc) is 3.72. The van der Waals surface area contributed by atoms with Gasteiger partial charge in [0, 0.05) is 23.1 Å². The van der Waals surface area contributed by atoms with Crippen molar-refractivity contribution in [2.45, 2.75) is 10.1 Å². The number of thioether (sulfide) groups is 1. The van der Waals surface area contributed by atoms with Crippen LogP contribution in [0.3, 0.4) is 0 Å². The van der Waals surface area contributed by atoms with Crippen molar-refractivity contribution in [1.29, 1.82) is 0 Å². The van der Waals surface area contributed by atoms with Gasteiger partial charge in [-0.2, -0.15) is 10.2 Å². The summed E-state index contributed by atoms with van der Waals surface area (Å²) in [6, 6.07) is 29.7. The monoisotopic (exact) mass is 551 g/mol. The van der Waals surface area contributed by atoms with Gasteiger partial charge in [-0.05, 0) is 53.4 Å². The van der Waals surface area contributed by atoms with E-state index in [1.807, 2.05) is 101 Å². The van der Waals surface area contributed by atoms with Crippen LogP contribution in [0.4, 0.5) is 0 Å². The second kappa shape index (κ2) is 11.1. The molecule has 0 radical (unpaired) electrons. The summed E-state index contributed by atoms with van der Waals surface area (Å²) in [4.78, 5) is 18.4. The van der Waals surface area contributed by atoms with E-state index in [0.29, 0.717) is 5.56 Å². The van der Waals surface area contributed by atoms with Gasteiger partial charge < -0.3 is 0 Å². The molecule has 0 aliphatic rings. The summed E-state index contributed by atoms with van der Waals surface area (Å²) in [7, 11) is 0. The zero-order chi connectivity index (χ0) is 25.7. The maximum Gasteiger partial charge on any atom is 0.271 e. The average molecular weight is 552 g/mol. The lowest BCUT2D eigenvalue weighted by Gasteiger charge is -2.02. The van der Waals surface area contributed by atoms with Crippen molar-refractivity contribution in [1.82, 2.24) is 20.2 Å². The largest absolute Gasteiger partial charge is 0.271 e. The highest BCUT2D eigenvalue weighted by molar-refractivity contribution is 8.00. The van der Waals surface area contributed by atoms with Crippen LogP contribution >= 0.6 is 34.4 Å². The summed E-state index contributed by atoms with van der Waals surface area (Å²) in [5, 5.41) is 11.0. The Morgan fingerprint density at radius 1 is 0.974 bits per heavy atom. The number of nitrogens with zero attached hydrogens (tertiary/aromatic N) is 4. The van der Waals surface area contributed by atoms with Crippen molar-refractivity contribution in [2.75, 3.05) is 0 Å². The van der Waals surface area contributed by atoms with Crippen LogP contribution in [-0.2, 0) is 5.75 Å². The van der Waals surface area contributed by atoms with Crippen LogP contribution in [0.5, 0.6) is 0 Å². The lowest BCUT2D eigenvalue weighted by molar-refractivity contribution is 0.0955. The van der Waals surface area contributed by atoms with E-state index in [0.717, 1.165) is 43.0 Å². The fraction of sp³-hybridized carbons (Fsp3) is 0.0345. The molecule has 6 rings (SSSR count). The summed E-state index contributed by atoms with van der Waals surface area (Å²) in [5.74, 6) is 0.524. The number of amides is 1. The van der Waals surface area contributed by atoms with Gasteiger partial charge in [0.2, 0.25) is 0 Å². The van der Waals surface area contributed by atoms with E-state index >= 15 is 0 Å². The van der Waals surface area contributed by atoms with Gasteiger partial charge in [0.1, 0.15) is 5.69 Å². The predicted octanol–water partition coefficient (Wildman–Crippen LogP) is 7.27. The van der Waals surface area contributed by atoms with Crippen molar-refractivity contribution in [2.24, 2.45) is 5.10 Å². The Bertz CT molecular complexity index is 1670. The third kappa shape index (κ3) is 5.45. The maximum absolute atomic E-state index is 12.7. The number of nitrogens with one attached hydrogen (secondary N) is 1. The van der Waals surface area contributed by atoms with Gasteiger partial charge >= 0.3 is 0 Å². The van der Waals surface area contributed by atoms with Gasteiger partial charge in [0.25, 0.3) is 5.91 Å². The molecule has 0 spiro atoms. The molecule has 0 saturated carbocycles. The molecule has 38 heavy (non-hydrogen) atoms. The topological polar surface area (TPSA) is 72.2 Å². The third-order valence-corrected chi connectivity index (χ3v) is 8.87. The Kier molecular flexibility index (Phi) is 7.12. The van der Waals surface area contributed by atoms with Crippen LogP contribution in [0.25, 0.3) is 26.5 Å². The summed E-state index contributed by atoms with van der Waals surface area (Å²) in [6.07, 6.45) is 3.56. The smallest absolute Gasteiger partial charge is 0.267 e. The van der Waals surface area contributed by atoms with Gasteiger partial charge in [-0.15, -0.1) is 22.7 Å². The molecule has 0 bridgehead atoms. The standard InChI is InChI=1S/C29H21N5OS3/c35-28(21-14-12-20(13-15-21)19-37-29-31-24-9-4-5-10-25(24)38-29)32-30-17-22-18-34(23-7-2-1-3-8-23)33-27(22)26-11-6-16-36-26/h1-18H,19H2,(H,32,35)/b30-17+. The minimum Gasteiger partial charge on any atom is -0.267 e. The van der Waals surface area contributed by atoms with Crippen LogP contribution in [0.2, 0.25) is 0 Å². The lowest BCUT2D eigenvalue weighted by atomic mass is 10.1. The van der Waals surface area contributed by atoms with E-state index in [-0.39, 0.29) is 5.91 Å². The number of carbonyl (C=O) groups is 1. The summed E-state index contributed by atoms with van der Waals surface area (Å²) < 4.78 is 4.06. The number of thiophene rings is 1. The molecule has 6 aromatic rings. The van der Waals surface area contributed by atoms with Crippen LogP contribution in [0, 0.1) is 0 Å². The first-order chi connectivity index (χ1) is 18.7. The number of hydrogen-bond acceptors (Lipinski definition) is 7. The molecule has 6 nitrogen and oxygen atoms in total. The molecule has 3 heterocycles. The molecular formula is C29H21N5OS3. The van der Waals surface area contributed by atoms with Crippen molar-refractivity contribution in [3.63, 3.8) is 0 Å². The molecule has 9 heteroatoms. The number of hydrogen-bond donors (Lipinski definition) is 1. The summed E-state index contributed by atoms with van der Waals surface area (Å²) >= 11 is 5.01. The number of fused-ring (bicyclic) bond motifs is 1. The fourth-order valence-electron chi connectivity index (χ4n) is 3.83. The number of thiazole rings is 1. The van der Waals surface area contributed by atoms with E-state index in [1.165, 1.54) is 4.70 Å². The Balaban J connectivity index is 1.11. The van der Waals surface area contributed by atoms with E-state index in [4.69, 9.17) is 5.10 Å². The second-order valence-corrected chi connectivity index (χ2v) is 11.5. The first kappa shape index (κ1) is 24.3. The predicted molar refractivity (Wildman–Crippen MR) is 158 cm³/mol. The van der Waals surface area contributed by atoms with Gasteiger partial charge in [-0.3, -0.25) is 4.79 Å². The molecule has 1 amide bonds. The lowest BCUT2D eigenvalue weighted by Crippen LogP contribution is -2.17. The molecule has 0 saturated heterocycles. The molecule has 186 valence electrons. The Morgan fingerprint density at radius 2 is 1.79 bits per heavy atom. The summed E-state index contributed by atoms with van der Waals surface area (Å²) in [5.41, 5.74) is 7.94. The van der Waals surface area contributed by atoms with Crippen molar-refractivity contribution in [3.8, 4) is 16.3 Å². The zero-order valence-electron chi connectivity index (χ0n) is 20.0. The van der Waals surface area contributed by atoms with Crippen LogP contribution in [-0.4, -0.2) is 26.9 Å². The molecule has 0 aliphatic heterocycles. The number of hydrazone groups is 1. The number of rotatable bonds is 8. The van der Waals surface area contributed by atoms with Crippen LogP contribution in [0.15, 0.2) is 112 Å². The Hall–Kier alpha value is -4.05. The van der Waals surface area contributed by atoms with Crippen molar-refractivity contribution in [3.05, 3.63) is 119 Å². The first-order valence-corrected chi connectivity index (χ1v) is 14.5. The molecular weight excluding hydrogens is 531 g/mol. The van der Waals surface area contributed by atoms with Crippen molar-refractivity contribution < 1.29 is 4.79 Å². The van der Waals surface area contributed by atoms with E-state index in [2.05, 4.69) is 21.6 Å². The fourth-order valence-corrected chi connectivity index (χ4v) is 6.59. The molecule has 0 fully saturated rings. The Labute approximate surface area is 231 Å². The molecule has 0 unspecified atom stereocenters. The van der Waals surface area contributed by atoms with Crippen LogP contribution in [0.1, 0.15) is 21.5 Å². The molecule has 0 atom stereocenters. The number of aromatic nitrogens is 3. The molecule has 1 N–H and O–H groups in total. The van der Waals surface area contributed by atoms with E-state index in [1.54, 1.807) is 40.7 Å². The number of carbonyl (C=O) groups excluding carboxylic acids is 1. The minimum atomic E-state index is -0.264. The Morgan fingerprint density at radius 3 is 2.58 bits per heavy atom. The molecule has 0 aliphatic carbocycles. The second-order valence-electron chi connectivity index (χ2n) is 8.32. The molecule has 3 aromatic heterocycles. The van der Waals surface area contributed by atoms with Gasteiger partial charge in [0.05, 0.1) is 27.0 Å². The van der Waals surface area contributed by atoms with Gasteiger partial charge in [-0.1, -0.05) is 60.3 Å². The minimum absolute atomic E-state index is 0.264. The highest BCUT2D eigenvalue weighted by Gasteiger charge is 2.12. The number of para-hydroxylation sites is 2. The van der Waals surface area contributed by atoms with Gasteiger partial charge in [0.15, 0.2) is 4.34 Å². The third-order valence-electron chi connectivity index (χ3n) is 5.74. The maximum atomic E-state index is 12.7. The van der Waals surface area contributed by atoms with Crippen molar-refractivity contribution >= 4 is 56.8 Å². The normalized spacial score (nSPS) is 11.4. The number of benzene rings is 3. The highest BCUT2D eigenvalue weighted by Crippen LogP contribution is 2.31. The van der Waals surface area contributed by atoms with E-state index < -0.39 is 0 Å². The SMILES string of the molecule is O=C(N/N=C/c1cn(-c2ccccc2)nc1-c1cccs1)c1ccc(CSc2nc3ccccc3s2)cc1. The quantitative estimate of drug-likeness (QED) is 0.123. The van der Waals surface area contributed by atoms with Gasteiger partial charge in [-0.25, -0.2) is 15.1 Å². The molecule has 3 aromatic carbocycles. The zero-order valence-corrected chi connectivity index (χ0v) is 22.5. The highest BCUT2D eigenvalue weighted by atomic mass is 32.2. The van der Waals surface area contributed by atoms with Crippen LogP contribution < -0.4 is 5.43 Å².